The largest absolute Gasteiger partial charge is 0.478 e. The Kier molecular flexibility index (Phi) is 5.48. The van der Waals surface area contributed by atoms with Gasteiger partial charge in [-0.3, -0.25) is 4.79 Å². The van der Waals surface area contributed by atoms with Crippen molar-refractivity contribution in [1.82, 2.24) is 9.71 Å². The minimum atomic E-state index is -3.70. The first-order valence-corrected chi connectivity index (χ1v) is 10.3. The summed E-state index contributed by atoms with van der Waals surface area (Å²) < 4.78 is 33.5. The summed E-state index contributed by atoms with van der Waals surface area (Å²) in [6.07, 6.45) is 2.24. The van der Waals surface area contributed by atoms with Gasteiger partial charge in [0.25, 0.3) is 0 Å². The number of benzene rings is 1. The third-order valence-corrected chi connectivity index (χ3v) is 5.90. The van der Waals surface area contributed by atoms with Crippen LogP contribution in [0, 0.1) is 0 Å². The molecule has 1 aliphatic rings. The molecule has 1 atom stereocenters. The Balaban J connectivity index is 1.81. The Morgan fingerprint density at radius 3 is 2.85 bits per heavy atom. The van der Waals surface area contributed by atoms with Crippen LogP contribution in [0.2, 0.25) is 0 Å². The third kappa shape index (κ3) is 3.96. The van der Waals surface area contributed by atoms with E-state index in [0.717, 1.165) is 11.3 Å². The normalized spacial score (nSPS) is 16.3. The minimum Gasteiger partial charge on any atom is -0.478 e. The predicted molar refractivity (Wildman–Crippen MR) is 102 cm³/mol. The molecule has 0 saturated heterocycles. The number of anilines is 1. The SMILES string of the molecule is CCOc1ncccc1CNS(=O)(=O)c1ccc2c(c1)CC(C)N2C(C)=O. The van der Waals surface area contributed by atoms with E-state index >= 15 is 0 Å². The van der Waals surface area contributed by atoms with E-state index in [2.05, 4.69) is 9.71 Å². The lowest BCUT2D eigenvalue weighted by Gasteiger charge is -2.20. The van der Waals surface area contributed by atoms with Crippen molar-refractivity contribution in [3.63, 3.8) is 0 Å². The van der Waals surface area contributed by atoms with E-state index in [1.807, 2.05) is 13.8 Å². The van der Waals surface area contributed by atoms with Crippen molar-refractivity contribution >= 4 is 21.6 Å². The summed E-state index contributed by atoms with van der Waals surface area (Å²) in [6.45, 7) is 5.84. The number of pyridine rings is 1. The van der Waals surface area contributed by atoms with Crippen LogP contribution < -0.4 is 14.4 Å². The molecule has 1 N–H and O–H groups in total. The number of hydrogen-bond donors (Lipinski definition) is 1. The molecule has 7 nitrogen and oxygen atoms in total. The molecule has 0 fully saturated rings. The highest BCUT2D eigenvalue weighted by molar-refractivity contribution is 7.89. The maximum absolute atomic E-state index is 12.7. The van der Waals surface area contributed by atoms with Gasteiger partial charge in [-0.2, -0.15) is 0 Å². The van der Waals surface area contributed by atoms with Gasteiger partial charge in [-0.25, -0.2) is 18.1 Å². The Morgan fingerprint density at radius 1 is 1.37 bits per heavy atom. The number of rotatable bonds is 6. The van der Waals surface area contributed by atoms with Crippen molar-refractivity contribution in [2.75, 3.05) is 11.5 Å². The molecule has 2 aromatic rings. The van der Waals surface area contributed by atoms with Crippen molar-refractivity contribution in [1.29, 1.82) is 0 Å². The highest BCUT2D eigenvalue weighted by atomic mass is 32.2. The van der Waals surface area contributed by atoms with Crippen LogP contribution >= 0.6 is 0 Å². The van der Waals surface area contributed by atoms with Gasteiger partial charge < -0.3 is 9.64 Å². The molecular formula is C19H23N3O4S. The lowest BCUT2D eigenvalue weighted by molar-refractivity contribution is -0.116. The van der Waals surface area contributed by atoms with Gasteiger partial charge in [0, 0.05) is 37.0 Å². The molecule has 8 heteroatoms. The second-order valence-electron chi connectivity index (χ2n) is 6.46. The number of nitrogens with one attached hydrogen (secondary N) is 1. The fourth-order valence-corrected chi connectivity index (χ4v) is 4.39. The lowest BCUT2D eigenvalue weighted by Crippen LogP contribution is -2.33. The monoisotopic (exact) mass is 389 g/mol. The summed E-state index contributed by atoms with van der Waals surface area (Å²) in [5.74, 6) is 0.373. The van der Waals surface area contributed by atoms with Crippen LogP contribution in [0.25, 0.3) is 0 Å². The number of hydrogen-bond acceptors (Lipinski definition) is 5. The quantitative estimate of drug-likeness (QED) is 0.819. The molecule has 27 heavy (non-hydrogen) atoms. The molecule has 0 saturated carbocycles. The number of carbonyl (C=O) groups is 1. The minimum absolute atomic E-state index is 0.0209. The first-order valence-electron chi connectivity index (χ1n) is 8.82. The van der Waals surface area contributed by atoms with Crippen LogP contribution in [-0.2, 0) is 27.8 Å². The highest BCUT2D eigenvalue weighted by Gasteiger charge is 2.30. The van der Waals surface area contributed by atoms with Crippen LogP contribution in [0.15, 0.2) is 41.4 Å². The Morgan fingerprint density at radius 2 is 2.15 bits per heavy atom. The maximum atomic E-state index is 12.7. The number of fused-ring (bicyclic) bond motifs is 1. The van der Waals surface area contributed by atoms with Gasteiger partial charge in [0.15, 0.2) is 0 Å². The van der Waals surface area contributed by atoms with E-state index in [4.69, 9.17) is 4.74 Å². The second-order valence-corrected chi connectivity index (χ2v) is 8.22. The fourth-order valence-electron chi connectivity index (χ4n) is 3.34. The van der Waals surface area contributed by atoms with E-state index in [0.29, 0.717) is 24.5 Å². The summed E-state index contributed by atoms with van der Waals surface area (Å²) >= 11 is 0. The summed E-state index contributed by atoms with van der Waals surface area (Å²) in [5.41, 5.74) is 2.30. The first-order chi connectivity index (χ1) is 12.8. The van der Waals surface area contributed by atoms with Crippen LogP contribution in [-0.4, -0.2) is 32.0 Å². The molecule has 1 aromatic heterocycles. The van der Waals surface area contributed by atoms with Crippen LogP contribution in [0.5, 0.6) is 5.88 Å². The van der Waals surface area contributed by atoms with E-state index in [1.54, 1.807) is 35.4 Å². The zero-order chi connectivity index (χ0) is 19.6. The molecule has 1 amide bonds. The number of amides is 1. The van der Waals surface area contributed by atoms with Crippen LogP contribution in [0.4, 0.5) is 5.69 Å². The zero-order valence-corrected chi connectivity index (χ0v) is 16.4. The molecule has 144 valence electrons. The molecule has 1 unspecified atom stereocenters. The van der Waals surface area contributed by atoms with Crippen molar-refractivity contribution < 1.29 is 17.9 Å². The number of ether oxygens (including phenoxy) is 1. The van der Waals surface area contributed by atoms with Gasteiger partial charge in [0.1, 0.15) is 0 Å². The van der Waals surface area contributed by atoms with E-state index in [1.165, 1.54) is 13.0 Å². The molecular weight excluding hydrogens is 366 g/mol. The number of nitrogens with zero attached hydrogens (tertiary/aromatic N) is 2. The topological polar surface area (TPSA) is 88.6 Å². The fraction of sp³-hybridized carbons (Fsp3) is 0.368. The second kappa shape index (κ2) is 7.66. The summed E-state index contributed by atoms with van der Waals surface area (Å²) in [6, 6.07) is 8.40. The highest BCUT2D eigenvalue weighted by Crippen LogP contribution is 2.33. The molecule has 0 spiro atoms. The first kappa shape index (κ1) is 19.3. The summed E-state index contributed by atoms with van der Waals surface area (Å²) in [4.78, 5) is 17.8. The van der Waals surface area contributed by atoms with Gasteiger partial charge in [-0.15, -0.1) is 0 Å². The molecule has 0 radical (unpaired) electrons. The van der Waals surface area contributed by atoms with Crippen LogP contribution in [0.3, 0.4) is 0 Å². The Hall–Kier alpha value is -2.45. The summed E-state index contributed by atoms with van der Waals surface area (Å²) in [7, 11) is -3.70. The molecule has 2 heterocycles. The van der Waals surface area contributed by atoms with Crippen molar-refractivity contribution in [2.45, 2.75) is 44.7 Å². The smallest absolute Gasteiger partial charge is 0.240 e. The zero-order valence-electron chi connectivity index (χ0n) is 15.6. The van der Waals surface area contributed by atoms with E-state index in [9.17, 15) is 13.2 Å². The average Bonchev–Trinajstić information content (AvgIpc) is 2.96. The van der Waals surface area contributed by atoms with Crippen LogP contribution in [0.1, 0.15) is 31.9 Å². The standard InChI is InChI=1S/C19H23N3O4S/c1-4-26-19-15(6-5-9-20-19)12-21-27(24,25)17-7-8-18-16(11-17)10-13(2)22(18)14(3)23/h5-9,11,13,21H,4,10,12H2,1-3H3. The van der Waals surface area contributed by atoms with E-state index < -0.39 is 10.0 Å². The average molecular weight is 389 g/mol. The van der Waals surface area contributed by atoms with Gasteiger partial charge in [-0.05, 0) is 50.1 Å². The van der Waals surface area contributed by atoms with Gasteiger partial charge in [0.05, 0.1) is 11.5 Å². The van der Waals surface area contributed by atoms with Crippen molar-refractivity contribution in [2.24, 2.45) is 0 Å². The molecule has 3 rings (SSSR count). The molecule has 1 aromatic carbocycles. The predicted octanol–water partition coefficient (Wildman–Crippen LogP) is 2.26. The summed E-state index contributed by atoms with van der Waals surface area (Å²) in [5, 5.41) is 0. The molecule has 0 aliphatic carbocycles. The third-order valence-electron chi connectivity index (χ3n) is 4.50. The Bertz CT molecular complexity index is 959. The van der Waals surface area contributed by atoms with Crippen molar-refractivity contribution in [3.05, 3.63) is 47.7 Å². The van der Waals surface area contributed by atoms with Crippen molar-refractivity contribution in [3.8, 4) is 5.88 Å². The number of aromatic nitrogens is 1. The maximum Gasteiger partial charge on any atom is 0.240 e. The molecule has 0 bridgehead atoms. The number of sulfonamides is 1. The lowest BCUT2D eigenvalue weighted by atomic mass is 10.1. The van der Waals surface area contributed by atoms with Gasteiger partial charge in [-0.1, -0.05) is 6.07 Å². The van der Waals surface area contributed by atoms with E-state index in [-0.39, 0.29) is 23.4 Å². The van der Waals surface area contributed by atoms with Gasteiger partial charge >= 0.3 is 0 Å². The number of carbonyl (C=O) groups excluding carboxylic acids is 1. The Labute approximate surface area is 159 Å². The molecule has 1 aliphatic heterocycles. The van der Waals surface area contributed by atoms with Gasteiger partial charge in [0.2, 0.25) is 21.8 Å².